The fourth-order valence-electron chi connectivity index (χ4n) is 1.15. The molecule has 0 spiro atoms. The highest BCUT2D eigenvalue weighted by atomic mass is 16.6. The molecule has 0 aromatic carbocycles. The van der Waals surface area contributed by atoms with Crippen LogP contribution in [0.1, 0.15) is 13.3 Å². The monoisotopic (exact) mass is 159 g/mol. The molecule has 0 aromatic rings. The second-order valence-corrected chi connectivity index (χ2v) is 2.77. The van der Waals surface area contributed by atoms with Crippen molar-refractivity contribution in [3.05, 3.63) is 0 Å². The van der Waals surface area contributed by atoms with E-state index in [1.165, 1.54) is 0 Å². The number of carbonyl (C=O) groups is 1. The first-order chi connectivity index (χ1) is 5.15. The van der Waals surface area contributed by atoms with E-state index in [1.54, 1.807) is 7.05 Å². The van der Waals surface area contributed by atoms with Crippen molar-refractivity contribution in [2.45, 2.75) is 25.7 Å². The number of aliphatic hydroxyl groups is 1. The second kappa shape index (κ2) is 3.19. The van der Waals surface area contributed by atoms with Crippen LogP contribution in [0.15, 0.2) is 0 Å². The Morgan fingerprint density at radius 1 is 1.73 bits per heavy atom. The number of aliphatic hydroxyl groups excluding tert-OH is 1. The van der Waals surface area contributed by atoms with E-state index in [9.17, 15) is 4.79 Å². The first-order valence-corrected chi connectivity index (χ1v) is 3.69. The first-order valence-electron chi connectivity index (χ1n) is 3.69. The Morgan fingerprint density at radius 3 is 2.73 bits per heavy atom. The summed E-state index contributed by atoms with van der Waals surface area (Å²) in [5.41, 5.74) is 0. The third-order valence-corrected chi connectivity index (χ3v) is 2.02. The minimum Gasteiger partial charge on any atom is -0.368 e. The molecule has 1 saturated heterocycles. The predicted molar refractivity (Wildman–Crippen MR) is 38.7 cm³/mol. The van der Waals surface area contributed by atoms with Crippen LogP contribution in [0.5, 0.6) is 0 Å². The molecule has 3 unspecified atom stereocenters. The van der Waals surface area contributed by atoms with Crippen LogP contribution >= 0.6 is 0 Å². The summed E-state index contributed by atoms with van der Waals surface area (Å²) in [7, 11) is 1.58. The van der Waals surface area contributed by atoms with Gasteiger partial charge in [-0.15, -0.1) is 0 Å². The molecule has 4 nitrogen and oxygen atoms in total. The van der Waals surface area contributed by atoms with Gasteiger partial charge in [-0.05, 0) is 6.92 Å². The van der Waals surface area contributed by atoms with Crippen LogP contribution in [0.4, 0.5) is 0 Å². The fraction of sp³-hybridized carbons (Fsp3) is 0.857. The lowest BCUT2D eigenvalue weighted by atomic mass is 9.93. The van der Waals surface area contributed by atoms with E-state index in [-0.39, 0.29) is 17.9 Å². The van der Waals surface area contributed by atoms with Gasteiger partial charge in [0.1, 0.15) is 0 Å². The highest BCUT2D eigenvalue weighted by molar-refractivity contribution is 5.75. The molecule has 1 rings (SSSR count). The Morgan fingerprint density at radius 2 is 2.36 bits per heavy atom. The van der Waals surface area contributed by atoms with Gasteiger partial charge in [0.15, 0.2) is 6.29 Å². The van der Waals surface area contributed by atoms with Gasteiger partial charge in [-0.1, -0.05) is 0 Å². The SMILES string of the molecule is CNC(=O)CC1C(C)OC1O. The average molecular weight is 159 g/mol. The molecule has 2 N–H and O–H groups in total. The lowest BCUT2D eigenvalue weighted by Gasteiger charge is -2.39. The summed E-state index contributed by atoms with van der Waals surface area (Å²) in [6, 6.07) is 0. The maximum atomic E-state index is 10.8. The third kappa shape index (κ3) is 1.70. The fourth-order valence-corrected chi connectivity index (χ4v) is 1.15. The zero-order valence-electron chi connectivity index (χ0n) is 6.70. The zero-order valence-corrected chi connectivity index (χ0v) is 6.70. The summed E-state index contributed by atoms with van der Waals surface area (Å²) in [4.78, 5) is 10.8. The number of ether oxygens (including phenoxy) is 1. The minimum absolute atomic E-state index is 0.00213. The van der Waals surface area contributed by atoms with Gasteiger partial charge < -0.3 is 15.2 Å². The summed E-state index contributed by atoms with van der Waals surface area (Å²) in [6.07, 6.45) is -0.400. The number of nitrogens with one attached hydrogen (secondary N) is 1. The summed E-state index contributed by atoms with van der Waals surface area (Å²) in [5, 5.41) is 11.5. The number of carbonyl (C=O) groups excluding carboxylic acids is 1. The van der Waals surface area contributed by atoms with Gasteiger partial charge in [0, 0.05) is 19.4 Å². The van der Waals surface area contributed by atoms with Crippen molar-refractivity contribution in [1.82, 2.24) is 5.32 Å². The van der Waals surface area contributed by atoms with Crippen LogP contribution in [0.25, 0.3) is 0 Å². The Labute approximate surface area is 65.5 Å². The van der Waals surface area contributed by atoms with Gasteiger partial charge in [0.25, 0.3) is 0 Å². The summed E-state index contributed by atoms with van der Waals surface area (Å²) in [6.45, 7) is 1.85. The van der Waals surface area contributed by atoms with Crippen molar-refractivity contribution in [2.75, 3.05) is 7.05 Å². The second-order valence-electron chi connectivity index (χ2n) is 2.77. The molecule has 0 radical (unpaired) electrons. The highest BCUT2D eigenvalue weighted by Crippen LogP contribution is 2.28. The van der Waals surface area contributed by atoms with Crippen molar-refractivity contribution in [1.29, 1.82) is 0 Å². The third-order valence-electron chi connectivity index (χ3n) is 2.02. The van der Waals surface area contributed by atoms with Gasteiger partial charge in [-0.2, -0.15) is 0 Å². The van der Waals surface area contributed by atoms with Crippen molar-refractivity contribution < 1.29 is 14.6 Å². The number of rotatable bonds is 2. The smallest absolute Gasteiger partial charge is 0.220 e. The quantitative estimate of drug-likeness (QED) is 0.569. The lowest BCUT2D eigenvalue weighted by molar-refractivity contribution is -0.274. The van der Waals surface area contributed by atoms with Gasteiger partial charge >= 0.3 is 0 Å². The summed E-state index contributed by atoms with van der Waals surface area (Å²) < 4.78 is 4.87. The molecule has 0 aliphatic carbocycles. The summed E-state index contributed by atoms with van der Waals surface area (Å²) in [5.74, 6) is -0.0841. The molecule has 1 amide bonds. The van der Waals surface area contributed by atoms with Gasteiger partial charge in [0.2, 0.25) is 5.91 Å². The van der Waals surface area contributed by atoms with Crippen LogP contribution in [0, 0.1) is 5.92 Å². The Balaban J connectivity index is 2.31. The Hall–Kier alpha value is -0.610. The molecule has 0 saturated carbocycles. The van der Waals surface area contributed by atoms with Crippen LogP contribution < -0.4 is 5.32 Å². The highest BCUT2D eigenvalue weighted by Gasteiger charge is 2.38. The zero-order chi connectivity index (χ0) is 8.43. The van der Waals surface area contributed by atoms with Crippen LogP contribution in [-0.4, -0.2) is 30.5 Å². The molecule has 1 heterocycles. The van der Waals surface area contributed by atoms with E-state index in [0.29, 0.717) is 6.42 Å². The van der Waals surface area contributed by atoms with Crippen LogP contribution in [0.3, 0.4) is 0 Å². The van der Waals surface area contributed by atoms with E-state index in [4.69, 9.17) is 9.84 Å². The predicted octanol–water partition coefficient (Wildman–Crippen LogP) is -0.524. The number of hydrogen-bond acceptors (Lipinski definition) is 3. The standard InChI is InChI=1S/C7H13NO3/c1-4-5(7(10)11-4)3-6(9)8-2/h4-5,7,10H,3H2,1-2H3,(H,8,9). The topological polar surface area (TPSA) is 58.6 Å². The van der Waals surface area contributed by atoms with E-state index < -0.39 is 6.29 Å². The first kappa shape index (κ1) is 8.49. The maximum Gasteiger partial charge on any atom is 0.220 e. The van der Waals surface area contributed by atoms with E-state index >= 15 is 0 Å². The van der Waals surface area contributed by atoms with Crippen LogP contribution in [-0.2, 0) is 9.53 Å². The molecular formula is C7H13NO3. The normalized spacial score (nSPS) is 36.1. The largest absolute Gasteiger partial charge is 0.368 e. The van der Waals surface area contributed by atoms with E-state index in [2.05, 4.69) is 5.32 Å². The average Bonchev–Trinajstić information content (AvgIpc) is 2.00. The van der Waals surface area contributed by atoms with Crippen molar-refractivity contribution in [2.24, 2.45) is 5.92 Å². The van der Waals surface area contributed by atoms with Gasteiger partial charge in [-0.3, -0.25) is 4.79 Å². The maximum absolute atomic E-state index is 10.8. The number of amides is 1. The molecule has 0 bridgehead atoms. The summed E-state index contributed by atoms with van der Waals surface area (Å²) >= 11 is 0. The van der Waals surface area contributed by atoms with E-state index in [0.717, 1.165) is 0 Å². The van der Waals surface area contributed by atoms with Crippen LogP contribution in [0.2, 0.25) is 0 Å². The number of hydrogen-bond donors (Lipinski definition) is 2. The Kier molecular flexibility index (Phi) is 2.46. The van der Waals surface area contributed by atoms with Gasteiger partial charge in [-0.25, -0.2) is 0 Å². The van der Waals surface area contributed by atoms with E-state index in [1.807, 2.05) is 6.92 Å². The molecule has 3 atom stereocenters. The molecule has 1 aliphatic heterocycles. The van der Waals surface area contributed by atoms with Crippen molar-refractivity contribution in [3.8, 4) is 0 Å². The minimum atomic E-state index is -0.748. The van der Waals surface area contributed by atoms with Crippen molar-refractivity contribution >= 4 is 5.91 Å². The lowest BCUT2D eigenvalue weighted by Crippen LogP contribution is -2.48. The molecule has 1 fully saturated rings. The van der Waals surface area contributed by atoms with Crippen molar-refractivity contribution in [3.63, 3.8) is 0 Å². The van der Waals surface area contributed by atoms with Gasteiger partial charge in [0.05, 0.1) is 6.10 Å². The Bertz CT molecular complexity index is 152. The molecular weight excluding hydrogens is 146 g/mol. The molecule has 64 valence electrons. The molecule has 0 aromatic heterocycles. The molecule has 1 aliphatic rings. The molecule has 4 heteroatoms. The molecule has 11 heavy (non-hydrogen) atoms.